The Bertz CT molecular complexity index is 881. The van der Waals surface area contributed by atoms with Crippen molar-refractivity contribution >= 4 is 17.5 Å². The van der Waals surface area contributed by atoms with Gasteiger partial charge in [0.05, 0.1) is 0 Å². The second kappa shape index (κ2) is 8.18. The van der Waals surface area contributed by atoms with Gasteiger partial charge in [-0.2, -0.15) is 0 Å². The number of rotatable bonds is 4. The highest BCUT2D eigenvalue weighted by Crippen LogP contribution is 2.13. The molecule has 2 amide bonds. The number of hydrogen-bond donors (Lipinski definition) is 1. The van der Waals surface area contributed by atoms with E-state index in [1.165, 1.54) is 10.6 Å². The lowest BCUT2D eigenvalue weighted by Crippen LogP contribution is -2.47. The zero-order valence-corrected chi connectivity index (χ0v) is 15.6. The molecular formula is C20H24N4O3. The number of aromatic nitrogens is 1. The molecular weight excluding hydrogens is 344 g/mol. The minimum absolute atomic E-state index is 0.00675. The van der Waals surface area contributed by atoms with Gasteiger partial charge in [0.25, 0.3) is 11.5 Å². The molecule has 1 N–H and O–H groups in total. The van der Waals surface area contributed by atoms with Gasteiger partial charge in [-0.15, -0.1) is 0 Å². The van der Waals surface area contributed by atoms with E-state index >= 15 is 0 Å². The number of benzene rings is 1. The number of nitrogens with one attached hydrogen (secondary N) is 1. The monoisotopic (exact) mass is 368 g/mol. The summed E-state index contributed by atoms with van der Waals surface area (Å²) >= 11 is 0. The van der Waals surface area contributed by atoms with Crippen molar-refractivity contribution in [3.63, 3.8) is 0 Å². The van der Waals surface area contributed by atoms with Gasteiger partial charge in [0.15, 0.2) is 0 Å². The van der Waals surface area contributed by atoms with E-state index in [1.54, 1.807) is 36.5 Å². The Labute approximate surface area is 158 Å². The molecule has 1 aromatic carbocycles. The van der Waals surface area contributed by atoms with Gasteiger partial charge in [0.2, 0.25) is 5.91 Å². The van der Waals surface area contributed by atoms with Crippen LogP contribution in [0.2, 0.25) is 0 Å². The van der Waals surface area contributed by atoms with Crippen LogP contribution in [0.4, 0.5) is 5.69 Å². The first kappa shape index (κ1) is 18.8. The summed E-state index contributed by atoms with van der Waals surface area (Å²) in [6.07, 6.45) is 1.65. The third-order valence-corrected chi connectivity index (χ3v) is 4.65. The second-order valence-corrected chi connectivity index (χ2v) is 6.89. The molecule has 1 aromatic heterocycles. The third kappa shape index (κ3) is 4.83. The predicted octanol–water partition coefficient (Wildman–Crippen LogP) is 1.18. The standard InChI is InChI=1S/C20H24N4O3/c1-15-3-8-19(26)24(13-15)14-18(25)21-17-6-4-16(5-7-17)20(27)23-11-9-22(2)10-12-23/h3-8,13H,9-12,14H2,1-2H3,(H,21,25). The van der Waals surface area contributed by atoms with Crippen LogP contribution in [0.1, 0.15) is 15.9 Å². The number of likely N-dealkylation sites (N-methyl/N-ethyl adjacent to an activating group) is 1. The Kier molecular flexibility index (Phi) is 5.71. The van der Waals surface area contributed by atoms with Gasteiger partial charge < -0.3 is 19.7 Å². The van der Waals surface area contributed by atoms with Crippen LogP contribution in [-0.4, -0.2) is 59.4 Å². The minimum Gasteiger partial charge on any atom is -0.336 e. The van der Waals surface area contributed by atoms with Crippen LogP contribution < -0.4 is 10.9 Å². The molecule has 0 saturated carbocycles. The average Bonchev–Trinajstić information content (AvgIpc) is 2.65. The fourth-order valence-electron chi connectivity index (χ4n) is 3.02. The maximum Gasteiger partial charge on any atom is 0.253 e. The lowest BCUT2D eigenvalue weighted by atomic mass is 10.1. The largest absolute Gasteiger partial charge is 0.336 e. The Morgan fingerprint density at radius 3 is 2.33 bits per heavy atom. The molecule has 1 fully saturated rings. The maximum absolute atomic E-state index is 12.5. The molecule has 3 rings (SSSR count). The molecule has 1 aliphatic rings. The minimum atomic E-state index is -0.291. The van der Waals surface area contributed by atoms with E-state index in [2.05, 4.69) is 10.2 Å². The van der Waals surface area contributed by atoms with Gasteiger partial charge in [0.1, 0.15) is 6.54 Å². The molecule has 0 aliphatic carbocycles. The van der Waals surface area contributed by atoms with Crippen LogP contribution in [0.3, 0.4) is 0 Å². The first-order chi connectivity index (χ1) is 12.9. The number of aryl methyl sites for hydroxylation is 1. The second-order valence-electron chi connectivity index (χ2n) is 6.89. The van der Waals surface area contributed by atoms with Gasteiger partial charge >= 0.3 is 0 Å². The van der Waals surface area contributed by atoms with Gasteiger partial charge in [0, 0.05) is 49.7 Å². The number of carbonyl (C=O) groups excluding carboxylic acids is 2. The molecule has 0 radical (unpaired) electrons. The Morgan fingerprint density at radius 2 is 1.67 bits per heavy atom. The summed E-state index contributed by atoms with van der Waals surface area (Å²) in [5.41, 5.74) is 1.89. The molecule has 0 unspecified atom stereocenters. The van der Waals surface area contributed by atoms with Crippen molar-refractivity contribution < 1.29 is 9.59 Å². The third-order valence-electron chi connectivity index (χ3n) is 4.65. The van der Waals surface area contributed by atoms with Crippen LogP contribution in [0.5, 0.6) is 0 Å². The van der Waals surface area contributed by atoms with E-state index < -0.39 is 0 Å². The summed E-state index contributed by atoms with van der Waals surface area (Å²) in [5.74, 6) is -0.284. The Morgan fingerprint density at radius 1 is 1.00 bits per heavy atom. The molecule has 7 nitrogen and oxygen atoms in total. The molecule has 2 aromatic rings. The lowest BCUT2D eigenvalue weighted by Gasteiger charge is -2.32. The summed E-state index contributed by atoms with van der Waals surface area (Å²) < 4.78 is 1.37. The molecule has 1 saturated heterocycles. The van der Waals surface area contributed by atoms with Crippen LogP contribution in [0, 0.1) is 6.92 Å². The summed E-state index contributed by atoms with van der Waals surface area (Å²) in [4.78, 5) is 40.6. The van der Waals surface area contributed by atoms with E-state index in [0.717, 1.165) is 31.7 Å². The van der Waals surface area contributed by atoms with Gasteiger partial charge in [-0.25, -0.2) is 0 Å². The fourth-order valence-corrected chi connectivity index (χ4v) is 3.02. The number of pyridine rings is 1. The first-order valence-electron chi connectivity index (χ1n) is 8.97. The average molecular weight is 368 g/mol. The highest BCUT2D eigenvalue weighted by molar-refractivity contribution is 5.95. The van der Waals surface area contributed by atoms with E-state index in [-0.39, 0.29) is 23.9 Å². The topological polar surface area (TPSA) is 74.6 Å². The number of hydrogen-bond acceptors (Lipinski definition) is 4. The summed E-state index contributed by atoms with van der Waals surface area (Å²) in [6, 6.07) is 10.0. The van der Waals surface area contributed by atoms with Crippen LogP contribution in [0.15, 0.2) is 47.4 Å². The van der Waals surface area contributed by atoms with E-state index in [4.69, 9.17) is 0 Å². The lowest BCUT2D eigenvalue weighted by molar-refractivity contribution is -0.116. The summed E-state index contributed by atoms with van der Waals surface area (Å²) in [5, 5.41) is 2.76. The van der Waals surface area contributed by atoms with Crippen molar-refractivity contribution in [2.75, 3.05) is 38.5 Å². The highest BCUT2D eigenvalue weighted by atomic mass is 16.2. The van der Waals surface area contributed by atoms with Gasteiger partial charge in [-0.05, 0) is 43.8 Å². The van der Waals surface area contributed by atoms with Crippen molar-refractivity contribution in [1.82, 2.24) is 14.4 Å². The zero-order chi connectivity index (χ0) is 19.4. The van der Waals surface area contributed by atoms with Crippen molar-refractivity contribution in [2.24, 2.45) is 0 Å². The normalized spacial score (nSPS) is 14.8. The molecule has 0 bridgehead atoms. The molecule has 142 valence electrons. The van der Waals surface area contributed by atoms with Crippen LogP contribution in [0.25, 0.3) is 0 Å². The highest BCUT2D eigenvalue weighted by Gasteiger charge is 2.20. The number of carbonyl (C=O) groups is 2. The van der Waals surface area contributed by atoms with Crippen LogP contribution in [-0.2, 0) is 11.3 Å². The quantitative estimate of drug-likeness (QED) is 0.880. The number of nitrogens with zero attached hydrogens (tertiary/aromatic N) is 3. The Balaban J connectivity index is 1.60. The first-order valence-corrected chi connectivity index (χ1v) is 8.97. The SMILES string of the molecule is Cc1ccc(=O)n(CC(=O)Nc2ccc(C(=O)N3CCN(C)CC3)cc2)c1. The van der Waals surface area contributed by atoms with E-state index in [1.807, 2.05) is 18.9 Å². The smallest absolute Gasteiger partial charge is 0.253 e. The summed E-state index contributed by atoms with van der Waals surface area (Å²) in [7, 11) is 2.05. The number of piperazine rings is 1. The number of amides is 2. The fraction of sp³-hybridized carbons (Fsp3) is 0.350. The molecule has 7 heteroatoms. The van der Waals surface area contributed by atoms with Gasteiger partial charge in [-0.1, -0.05) is 6.07 Å². The van der Waals surface area contributed by atoms with Crippen molar-refractivity contribution in [1.29, 1.82) is 0 Å². The molecule has 0 spiro atoms. The van der Waals surface area contributed by atoms with E-state index in [0.29, 0.717) is 11.3 Å². The molecule has 0 atom stereocenters. The zero-order valence-electron chi connectivity index (χ0n) is 15.6. The van der Waals surface area contributed by atoms with Crippen molar-refractivity contribution in [3.05, 3.63) is 64.1 Å². The molecule has 2 heterocycles. The van der Waals surface area contributed by atoms with Gasteiger partial charge in [-0.3, -0.25) is 14.4 Å². The molecule has 1 aliphatic heterocycles. The number of anilines is 1. The van der Waals surface area contributed by atoms with Crippen LogP contribution >= 0.6 is 0 Å². The molecule has 27 heavy (non-hydrogen) atoms. The maximum atomic E-state index is 12.5. The van der Waals surface area contributed by atoms with Crippen molar-refractivity contribution in [2.45, 2.75) is 13.5 Å². The Hall–Kier alpha value is -2.93. The van der Waals surface area contributed by atoms with E-state index in [9.17, 15) is 14.4 Å². The predicted molar refractivity (Wildman–Crippen MR) is 104 cm³/mol. The van der Waals surface area contributed by atoms with Crippen molar-refractivity contribution in [3.8, 4) is 0 Å². The summed E-state index contributed by atoms with van der Waals surface area (Å²) in [6.45, 7) is 5.00.